The standard InChI is InChI=1S/C12H16BrNO2/c1-12(2,14)7-11(15)16-8-9-5-3-4-6-10(9)13/h3-6H,7-8,14H2,1-2H3. The topological polar surface area (TPSA) is 52.3 Å². The summed E-state index contributed by atoms with van der Waals surface area (Å²) < 4.78 is 6.08. The number of ether oxygens (including phenoxy) is 1. The van der Waals surface area contributed by atoms with Gasteiger partial charge in [-0.05, 0) is 19.9 Å². The summed E-state index contributed by atoms with van der Waals surface area (Å²) in [5.41, 5.74) is 6.15. The second-order valence-electron chi connectivity index (χ2n) is 4.42. The fraction of sp³-hybridized carbons (Fsp3) is 0.417. The molecule has 1 aromatic rings. The van der Waals surface area contributed by atoms with E-state index in [1.165, 1.54) is 0 Å². The molecule has 0 saturated heterocycles. The number of nitrogens with two attached hydrogens (primary N) is 1. The lowest BCUT2D eigenvalue weighted by atomic mass is 10.0. The lowest BCUT2D eigenvalue weighted by Gasteiger charge is -2.17. The van der Waals surface area contributed by atoms with E-state index in [2.05, 4.69) is 15.9 Å². The minimum Gasteiger partial charge on any atom is -0.461 e. The highest BCUT2D eigenvalue weighted by atomic mass is 79.9. The molecule has 0 spiro atoms. The fourth-order valence-corrected chi connectivity index (χ4v) is 1.60. The first-order valence-corrected chi connectivity index (χ1v) is 5.86. The van der Waals surface area contributed by atoms with E-state index in [9.17, 15) is 4.79 Å². The van der Waals surface area contributed by atoms with E-state index in [4.69, 9.17) is 10.5 Å². The summed E-state index contributed by atoms with van der Waals surface area (Å²) in [4.78, 5) is 11.4. The van der Waals surface area contributed by atoms with Crippen molar-refractivity contribution >= 4 is 21.9 Å². The van der Waals surface area contributed by atoms with Gasteiger partial charge in [0.15, 0.2) is 0 Å². The van der Waals surface area contributed by atoms with Crippen LogP contribution in [-0.2, 0) is 16.1 Å². The van der Waals surface area contributed by atoms with Crippen LogP contribution in [0.15, 0.2) is 28.7 Å². The second-order valence-corrected chi connectivity index (χ2v) is 5.27. The summed E-state index contributed by atoms with van der Waals surface area (Å²) in [5.74, 6) is -0.275. The molecular weight excluding hydrogens is 270 g/mol. The van der Waals surface area contributed by atoms with Gasteiger partial charge in [0.1, 0.15) is 6.61 Å². The number of benzene rings is 1. The monoisotopic (exact) mass is 285 g/mol. The van der Waals surface area contributed by atoms with Gasteiger partial charge in [-0.15, -0.1) is 0 Å². The number of carbonyl (C=O) groups excluding carboxylic acids is 1. The largest absolute Gasteiger partial charge is 0.461 e. The fourth-order valence-electron chi connectivity index (χ4n) is 1.20. The molecule has 0 aliphatic carbocycles. The lowest BCUT2D eigenvalue weighted by molar-refractivity contribution is -0.146. The van der Waals surface area contributed by atoms with Crippen LogP contribution in [-0.4, -0.2) is 11.5 Å². The molecule has 3 nitrogen and oxygen atoms in total. The van der Waals surface area contributed by atoms with Crippen LogP contribution in [0.3, 0.4) is 0 Å². The van der Waals surface area contributed by atoms with Gasteiger partial charge in [0.05, 0.1) is 6.42 Å². The molecule has 0 saturated carbocycles. The van der Waals surface area contributed by atoms with Crippen molar-refractivity contribution in [1.29, 1.82) is 0 Å². The SMILES string of the molecule is CC(C)(N)CC(=O)OCc1ccccc1Br. The molecule has 0 aliphatic heterocycles. The van der Waals surface area contributed by atoms with E-state index in [0.29, 0.717) is 0 Å². The molecular formula is C12H16BrNO2. The Kier molecular flexibility index (Phi) is 4.50. The first kappa shape index (κ1) is 13.2. The molecule has 0 amide bonds. The zero-order valence-corrected chi connectivity index (χ0v) is 11.1. The van der Waals surface area contributed by atoms with Crippen LogP contribution in [0.25, 0.3) is 0 Å². The second kappa shape index (κ2) is 5.46. The van der Waals surface area contributed by atoms with Gasteiger partial charge in [0.2, 0.25) is 0 Å². The molecule has 2 N–H and O–H groups in total. The minimum absolute atomic E-state index is 0.220. The van der Waals surface area contributed by atoms with Gasteiger partial charge in [-0.25, -0.2) is 0 Å². The summed E-state index contributed by atoms with van der Waals surface area (Å²) >= 11 is 3.39. The normalized spacial score (nSPS) is 11.2. The van der Waals surface area contributed by atoms with Gasteiger partial charge < -0.3 is 10.5 Å². The van der Waals surface area contributed by atoms with Crippen LogP contribution < -0.4 is 5.73 Å². The van der Waals surface area contributed by atoms with Crippen molar-refractivity contribution in [1.82, 2.24) is 0 Å². The smallest absolute Gasteiger partial charge is 0.307 e. The Hall–Kier alpha value is -0.870. The molecule has 16 heavy (non-hydrogen) atoms. The molecule has 4 heteroatoms. The van der Waals surface area contributed by atoms with E-state index in [1.807, 2.05) is 24.3 Å². The number of esters is 1. The summed E-state index contributed by atoms with van der Waals surface area (Å²) in [5, 5.41) is 0. The first-order valence-electron chi connectivity index (χ1n) is 5.06. The quantitative estimate of drug-likeness (QED) is 0.866. The van der Waals surface area contributed by atoms with E-state index in [0.717, 1.165) is 10.0 Å². The maximum atomic E-state index is 11.4. The Morgan fingerprint density at radius 3 is 2.62 bits per heavy atom. The van der Waals surface area contributed by atoms with Crippen molar-refractivity contribution in [2.75, 3.05) is 0 Å². The van der Waals surface area contributed by atoms with Gasteiger partial charge in [0, 0.05) is 15.6 Å². The van der Waals surface area contributed by atoms with E-state index < -0.39 is 5.54 Å². The number of halogens is 1. The molecule has 1 aromatic carbocycles. The van der Waals surface area contributed by atoms with Crippen LogP contribution in [0, 0.1) is 0 Å². The van der Waals surface area contributed by atoms with Crippen LogP contribution in [0.2, 0.25) is 0 Å². The van der Waals surface area contributed by atoms with Crippen molar-refractivity contribution in [3.8, 4) is 0 Å². The lowest BCUT2D eigenvalue weighted by Crippen LogP contribution is -2.35. The van der Waals surface area contributed by atoms with Crippen LogP contribution in [0.1, 0.15) is 25.8 Å². The number of carbonyl (C=O) groups is 1. The molecule has 88 valence electrons. The zero-order chi connectivity index (χ0) is 12.2. The molecule has 0 fully saturated rings. The molecule has 0 atom stereocenters. The third kappa shape index (κ3) is 4.77. The zero-order valence-electron chi connectivity index (χ0n) is 9.50. The van der Waals surface area contributed by atoms with Crippen LogP contribution in [0.4, 0.5) is 0 Å². The van der Waals surface area contributed by atoms with Crippen LogP contribution >= 0.6 is 15.9 Å². The molecule has 1 rings (SSSR count). The highest BCUT2D eigenvalue weighted by molar-refractivity contribution is 9.10. The average molecular weight is 286 g/mol. The maximum absolute atomic E-state index is 11.4. The molecule has 0 heterocycles. The molecule has 0 bridgehead atoms. The number of hydrogen-bond donors (Lipinski definition) is 1. The predicted molar refractivity (Wildman–Crippen MR) is 66.8 cm³/mol. The molecule has 0 aromatic heterocycles. The van der Waals surface area contributed by atoms with Gasteiger partial charge in [0.25, 0.3) is 0 Å². The summed E-state index contributed by atoms with van der Waals surface area (Å²) in [6, 6.07) is 7.64. The average Bonchev–Trinajstić information content (AvgIpc) is 2.14. The first-order chi connectivity index (χ1) is 7.38. The Labute approximate surface area is 104 Å². The third-order valence-corrected chi connectivity index (χ3v) is 2.72. The van der Waals surface area contributed by atoms with Gasteiger partial charge in [-0.1, -0.05) is 34.1 Å². The van der Waals surface area contributed by atoms with E-state index >= 15 is 0 Å². The van der Waals surface area contributed by atoms with Crippen molar-refractivity contribution in [3.63, 3.8) is 0 Å². The molecule has 0 aliphatic rings. The van der Waals surface area contributed by atoms with Crippen LogP contribution in [0.5, 0.6) is 0 Å². The maximum Gasteiger partial charge on any atom is 0.307 e. The highest BCUT2D eigenvalue weighted by Gasteiger charge is 2.17. The van der Waals surface area contributed by atoms with Crippen molar-refractivity contribution in [2.45, 2.75) is 32.4 Å². The minimum atomic E-state index is -0.523. The number of rotatable bonds is 4. The van der Waals surface area contributed by atoms with E-state index in [1.54, 1.807) is 13.8 Å². The predicted octanol–water partition coefficient (Wildman–Crippen LogP) is 2.62. The van der Waals surface area contributed by atoms with Gasteiger partial charge in [-0.2, -0.15) is 0 Å². The van der Waals surface area contributed by atoms with Crippen molar-refractivity contribution in [3.05, 3.63) is 34.3 Å². The van der Waals surface area contributed by atoms with Gasteiger partial charge in [-0.3, -0.25) is 4.79 Å². The molecule has 0 radical (unpaired) electrons. The molecule has 0 unspecified atom stereocenters. The van der Waals surface area contributed by atoms with Crippen molar-refractivity contribution < 1.29 is 9.53 Å². The summed E-state index contributed by atoms with van der Waals surface area (Å²) in [6.07, 6.45) is 0.220. The van der Waals surface area contributed by atoms with Crippen molar-refractivity contribution in [2.24, 2.45) is 5.73 Å². The van der Waals surface area contributed by atoms with E-state index in [-0.39, 0.29) is 19.0 Å². The summed E-state index contributed by atoms with van der Waals surface area (Å²) in [7, 11) is 0. The summed E-state index contributed by atoms with van der Waals surface area (Å²) in [6.45, 7) is 3.87. The Balaban J connectivity index is 2.47. The Bertz CT molecular complexity index is 372. The highest BCUT2D eigenvalue weighted by Crippen LogP contribution is 2.17. The number of hydrogen-bond acceptors (Lipinski definition) is 3. The Morgan fingerprint density at radius 1 is 1.44 bits per heavy atom. The third-order valence-electron chi connectivity index (χ3n) is 1.95. The Morgan fingerprint density at radius 2 is 2.06 bits per heavy atom. The van der Waals surface area contributed by atoms with Gasteiger partial charge >= 0.3 is 5.97 Å².